The first-order valence-electron chi connectivity index (χ1n) is 10.8. The quantitative estimate of drug-likeness (QED) is 0.295. The summed E-state index contributed by atoms with van der Waals surface area (Å²) in [5, 5.41) is 19.8. The molecule has 0 unspecified atom stereocenters. The largest absolute Gasteiger partial charge is 0.419 e. The number of ether oxygens (including phenoxy) is 1. The summed E-state index contributed by atoms with van der Waals surface area (Å²) < 4.78 is 7.09. The van der Waals surface area contributed by atoms with E-state index >= 15 is 0 Å². The lowest BCUT2D eigenvalue weighted by Gasteiger charge is -2.14. The molecule has 3 aromatic rings. The van der Waals surface area contributed by atoms with Crippen LogP contribution in [0.2, 0.25) is 0 Å². The van der Waals surface area contributed by atoms with Gasteiger partial charge in [0.2, 0.25) is 11.8 Å². The van der Waals surface area contributed by atoms with Crippen molar-refractivity contribution < 1.29 is 4.74 Å². The molecule has 2 heterocycles. The number of nitrogens with one attached hydrogen (secondary N) is 3. The number of likely N-dealkylation sites (N-methyl/N-ethyl adjacent to an activating group) is 1. The Bertz CT molecular complexity index is 1270. The van der Waals surface area contributed by atoms with E-state index in [9.17, 15) is 4.79 Å². The number of nitrogen functional groups attached to an aromatic ring is 1. The predicted molar refractivity (Wildman–Crippen MR) is 133 cm³/mol. The van der Waals surface area contributed by atoms with Crippen molar-refractivity contribution in [3.63, 3.8) is 0 Å². The van der Waals surface area contributed by atoms with Crippen LogP contribution in [0, 0.1) is 17.7 Å². The molecule has 0 radical (unpaired) electrons. The highest BCUT2D eigenvalue weighted by molar-refractivity contribution is 6.06. The number of anilines is 1. The molecule has 0 aliphatic carbocycles. The van der Waals surface area contributed by atoms with Gasteiger partial charge < -0.3 is 25.3 Å². The number of aromatic nitrogens is 3. The molecule has 3 rings (SSSR count). The Balaban J connectivity index is 1.84. The van der Waals surface area contributed by atoms with Crippen molar-refractivity contribution in [1.82, 2.24) is 24.8 Å². The second kappa shape index (κ2) is 10.8. The van der Waals surface area contributed by atoms with Gasteiger partial charge in [-0.2, -0.15) is 0 Å². The van der Waals surface area contributed by atoms with E-state index in [1.165, 1.54) is 12.3 Å². The molecule has 178 valence electrons. The lowest BCUT2D eigenvalue weighted by Crippen LogP contribution is -2.25. The van der Waals surface area contributed by atoms with Crippen LogP contribution in [-0.4, -0.2) is 58.9 Å². The summed E-state index contributed by atoms with van der Waals surface area (Å²) in [6.45, 7) is 3.83. The first kappa shape index (κ1) is 24.7. The van der Waals surface area contributed by atoms with Gasteiger partial charge in [0, 0.05) is 43.0 Å². The monoisotopic (exact) mass is 462 g/mol. The second-order valence-electron chi connectivity index (χ2n) is 8.18. The first-order chi connectivity index (χ1) is 16.2. The van der Waals surface area contributed by atoms with Crippen molar-refractivity contribution in [3.05, 3.63) is 75.5 Å². The maximum absolute atomic E-state index is 12.2. The van der Waals surface area contributed by atoms with E-state index in [4.69, 9.17) is 21.3 Å². The molecule has 10 nitrogen and oxygen atoms in total. The van der Waals surface area contributed by atoms with Crippen molar-refractivity contribution >= 4 is 17.6 Å². The molecule has 10 heteroatoms. The van der Waals surface area contributed by atoms with Crippen molar-refractivity contribution in [2.45, 2.75) is 20.0 Å². The maximum Gasteiger partial charge on any atom is 0.250 e. The minimum atomic E-state index is -0.378. The van der Waals surface area contributed by atoms with Gasteiger partial charge in [-0.3, -0.25) is 15.6 Å². The van der Waals surface area contributed by atoms with E-state index in [0.717, 1.165) is 11.1 Å². The zero-order valence-electron chi connectivity index (χ0n) is 19.8. The van der Waals surface area contributed by atoms with E-state index in [1.807, 2.05) is 45.1 Å². The number of aryl methyl sites for hydroxylation is 1. The van der Waals surface area contributed by atoms with Gasteiger partial charge in [0.05, 0.1) is 11.9 Å². The van der Waals surface area contributed by atoms with E-state index < -0.39 is 0 Å². The van der Waals surface area contributed by atoms with Gasteiger partial charge in [-0.05, 0) is 51.3 Å². The van der Waals surface area contributed by atoms with Crippen LogP contribution in [0.3, 0.4) is 0 Å². The predicted octanol–water partition coefficient (Wildman–Crippen LogP) is 1.84. The van der Waals surface area contributed by atoms with Crippen molar-refractivity contribution in [3.8, 4) is 11.3 Å². The summed E-state index contributed by atoms with van der Waals surface area (Å²) in [5.41, 5.74) is 9.49. The highest BCUT2D eigenvalue weighted by Crippen LogP contribution is 2.19. The van der Waals surface area contributed by atoms with E-state index in [2.05, 4.69) is 15.3 Å². The van der Waals surface area contributed by atoms with Gasteiger partial charge in [-0.15, -0.1) is 0 Å². The molecule has 0 fully saturated rings. The molecule has 34 heavy (non-hydrogen) atoms. The van der Waals surface area contributed by atoms with Crippen molar-refractivity contribution in [1.29, 1.82) is 10.8 Å². The molecule has 0 spiro atoms. The molecule has 0 bridgehead atoms. The van der Waals surface area contributed by atoms with Gasteiger partial charge in [0.15, 0.2) is 11.5 Å². The second-order valence-corrected chi connectivity index (χ2v) is 8.18. The van der Waals surface area contributed by atoms with Crippen molar-refractivity contribution in [2.24, 2.45) is 0 Å². The molecular formula is C24H30N8O2. The van der Waals surface area contributed by atoms with Gasteiger partial charge in [0.25, 0.3) is 5.56 Å². The molecule has 5 N–H and O–H groups in total. The lowest BCUT2D eigenvalue weighted by molar-refractivity contribution is 0.381. The van der Waals surface area contributed by atoms with Crippen LogP contribution in [0.5, 0.6) is 0 Å². The lowest BCUT2D eigenvalue weighted by atomic mass is 10.0. The molecule has 0 aliphatic rings. The minimum Gasteiger partial charge on any atom is -0.419 e. The van der Waals surface area contributed by atoms with Gasteiger partial charge >= 0.3 is 0 Å². The summed E-state index contributed by atoms with van der Waals surface area (Å²) in [4.78, 5) is 22.8. The molecule has 0 saturated heterocycles. The third-order valence-electron chi connectivity index (χ3n) is 5.20. The van der Waals surface area contributed by atoms with Gasteiger partial charge in [-0.25, -0.2) is 9.97 Å². The number of nitrogens with two attached hydrogens (primary N) is 1. The van der Waals surface area contributed by atoms with Crippen LogP contribution in [0.25, 0.3) is 11.3 Å². The van der Waals surface area contributed by atoms with E-state index in [1.54, 1.807) is 22.9 Å². The van der Waals surface area contributed by atoms with Crippen LogP contribution in [0.15, 0.2) is 47.5 Å². The Morgan fingerprint density at radius 2 is 1.97 bits per heavy atom. The van der Waals surface area contributed by atoms with Crippen LogP contribution in [0.1, 0.15) is 22.4 Å². The van der Waals surface area contributed by atoms with Gasteiger partial charge in [-0.1, -0.05) is 12.1 Å². The fourth-order valence-corrected chi connectivity index (χ4v) is 3.37. The number of hydrogen-bond donors (Lipinski definition) is 4. The third-order valence-corrected chi connectivity index (χ3v) is 5.20. The Morgan fingerprint density at radius 1 is 1.21 bits per heavy atom. The minimum absolute atomic E-state index is 0.0172. The summed E-state index contributed by atoms with van der Waals surface area (Å²) in [6.07, 6.45) is 3.19. The molecule has 0 saturated carbocycles. The maximum atomic E-state index is 12.2. The highest BCUT2D eigenvalue weighted by Gasteiger charge is 2.17. The molecule has 0 amide bonds. The SMILES string of the molecule is CNCc1ccc(C(=N)OC(=N)c2nc(-c3ccc(=O)n(CCN(C)C)c3)cnc2N)c(C)c1. The average Bonchev–Trinajstić information content (AvgIpc) is 2.79. The first-order valence-corrected chi connectivity index (χ1v) is 10.8. The molecule has 1 aromatic carbocycles. The van der Waals surface area contributed by atoms with Crippen LogP contribution in [0.4, 0.5) is 5.82 Å². The Labute approximate surface area is 198 Å². The van der Waals surface area contributed by atoms with Crippen LogP contribution < -0.4 is 16.6 Å². The van der Waals surface area contributed by atoms with Crippen LogP contribution >= 0.6 is 0 Å². The summed E-state index contributed by atoms with van der Waals surface area (Å²) in [7, 11) is 5.75. The topological polar surface area (TPSA) is 146 Å². The molecule has 2 aromatic heterocycles. The fourth-order valence-electron chi connectivity index (χ4n) is 3.37. The zero-order valence-corrected chi connectivity index (χ0v) is 19.8. The summed E-state index contributed by atoms with van der Waals surface area (Å²) in [5.74, 6) is -0.539. The standard InChI is InChI=1S/C24H30N8O2/c1-15-11-16(12-28-2)5-7-18(15)23(26)34-24(27)21-22(25)29-13-19(30-21)17-6-8-20(33)32(14-17)10-9-31(3)4/h5-8,11,13-14,26-28H,9-10,12H2,1-4H3,(H2,25,29). The Hall–Kier alpha value is -3.89. The Morgan fingerprint density at radius 3 is 2.65 bits per heavy atom. The third kappa shape index (κ3) is 5.91. The fraction of sp³-hybridized carbons (Fsp3) is 0.292. The number of pyridine rings is 1. The zero-order chi connectivity index (χ0) is 24.8. The molecule has 0 atom stereocenters. The van der Waals surface area contributed by atoms with Crippen molar-refractivity contribution in [2.75, 3.05) is 33.4 Å². The van der Waals surface area contributed by atoms with E-state index in [-0.39, 0.29) is 28.9 Å². The normalized spacial score (nSPS) is 11.0. The van der Waals surface area contributed by atoms with Gasteiger partial charge in [0.1, 0.15) is 0 Å². The smallest absolute Gasteiger partial charge is 0.250 e. The Kier molecular flexibility index (Phi) is 7.87. The van der Waals surface area contributed by atoms with E-state index in [0.29, 0.717) is 36.5 Å². The number of nitrogens with zero attached hydrogens (tertiary/aromatic N) is 4. The number of rotatable bonds is 8. The number of benzene rings is 1. The van der Waals surface area contributed by atoms with Crippen LogP contribution in [-0.2, 0) is 17.8 Å². The highest BCUT2D eigenvalue weighted by atomic mass is 16.5. The average molecular weight is 463 g/mol. The summed E-state index contributed by atoms with van der Waals surface area (Å²) >= 11 is 0. The molecular weight excluding hydrogens is 432 g/mol. The number of hydrogen-bond acceptors (Lipinski definition) is 9. The summed E-state index contributed by atoms with van der Waals surface area (Å²) in [6, 6.07) is 8.79. The molecule has 0 aliphatic heterocycles.